The highest BCUT2D eigenvalue weighted by molar-refractivity contribution is 7.89. The summed E-state index contributed by atoms with van der Waals surface area (Å²) in [4.78, 5) is 13.0. The third-order valence-electron chi connectivity index (χ3n) is 5.78. The van der Waals surface area contributed by atoms with E-state index >= 15 is 0 Å². The highest BCUT2D eigenvalue weighted by Gasteiger charge is 2.34. The maximum Gasteiger partial charge on any atom is 0.243 e. The summed E-state index contributed by atoms with van der Waals surface area (Å²) in [7, 11) is -1.01. The Balaban J connectivity index is 1.91. The molecule has 0 atom stereocenters. The molecule has 0 bridgehead atoms. The van der Waals surface area contributed by atoms with Crippen molar-refractivity contribution in [3.05, 3.63) is 47.0 Å². The van der Waals surface area contributed by atoms with Gasteiger partial charge in [0.05, 0.1) is 25.7 Å². The zero-order valence-corrected chi connectivity index (χ0v) is 20.1. The quantitative estimate of drug-likeness (QED) is 0.595. The molecule has 1 N–H and O–H groups in total. The van der Waals surface area contributed by atoms with Crippen molar-refractivity contribution in [2.45, 2.75) is 50.0 Å². The molecule has 0 unspecified atom stereocenters. The van der Waals surface area contributed by atoms with Crippen LogP contribution in [0.5, 0.6) is 11.5 Å². The molecule has 1 amide bonds. The number of sulfonamides is 1. The first-order chi connectivity index (χ1) is 15.3. The van der Waals surface area contributed by atoms with E-state index in [0.717, 1.165) is 37.7 Å². The van der Waals surface area contributed by atoms with Crippen molar-refractivity contribution < 1.29 is 22.7 Å². The van der Waals surface area contributed by atoms with Gasteiger partial charge in [0, 0.05) is 22.8 Å². The summed E-state index contributed by atoms with van der Waals surface area (Å²) in [6, 6.07) is 9.45. The first-order valence-corrected chi connectivity index (χ1v) is 12.4. The molecule has 7 nitrogen and oxygen atoms in total. The summed E-state index contributed by atoms with van der Waals surface area (Å²) in [5.41, 5.74) is 1.30. The van der Waals surface area contributed by atoms with E-state index in [2.05, 4.69) is 5.32 Å². The fourth-order valence-corrected chi connectivity index (χ4v) is 5.80. The van der Waals surface area contributed by atoms with Crippen molar-refractivity contribution in [2.24, 2.45) is 0 Å². The van der Waals surface area contributed by atoms with E-state index in [-0.39, 0.29) is 17.5 Å². The molecule has 1 saturated carbocycles. The molecule has 0 radical (unpaired) electrons. The Morgan fingerprint density at radius 1 is 1.09 bits per heavy atom. The Morgan fingerprint density at radius 3 is 2.44 bits per heavy atom. The van der Waals surface area contributed by atoms with Crippen LogP contribution in [0.4, 0.5) is 5.69 Å². The fraction of sp³-hybridized carbons (Fsp3) is 0.435. The van der Waals surface area contributed by atoms with Gasteiger partial charge in [0.2, 0.25) is 15.9 Å². The molecule has 0 saturated heterocycles. The maximum absolute atomic E-state index is 13.6. The van der Waals surface area contributed by atoms with Crippen LogP contribution in [0.3, 0.4) is 0 Å². The number of carbonyl (C=O) groups excluding carboxylic acids is 1. The Kier molecular flexibility index (Phi) is 8.03. The maximum atomic E-state index is 13.6. The van der Waals surface area contributed by atoms with Crippen LogP contribution < -0.4 is 14.8 Å². The summed E-state index contributed by atoms with van der Waals surface area (Å²) in [6.45, 7) is 1.52. The van der Waals surface area contributed by atoms with Crippen LogP contribution in [-0.4, -0.2) is 45.4 Å². The minimum atomic E-state index is -3.95. The molecule has 1 aliphatic rings. The lowest BCUT2D eigenvalue weighted by Gasteiger charge is -2.33. The molecule has 0 aromatic heterocycles. The Morgan fingerprint density at radius 2 is 1.78 bits per heavy atom. The Hall–Kier alpha value is -2.29. The first-order valence-electron chi connectivity index (χ1n) is 10.6. The molecule has 1 fully saturated rings. The molecule has 1 aliphatic carbocycles. The van der Waals surface area contributed by atoms with Gasteiger partial charge in [0.25, 0.3) is 0 Å². The highest BCUT2D eigenvalue weighted by Crippen LogP contribution is 2.33. The van der Waals surface area contributed by atoms with Crippen molar-refractivity contribution in [1.82, 2.24) is 4.31 Å². The number of hydrogen-bond acceptors (Lipinski definition) is 5. The van der Waals surface area contributed by atoms with Gasteiger partial charge in [0.15, 0.2) is 11.5 Å². The van der Waals surface area contributed by atoms with Crippen LogP contribution in [0.1, 0.15) is 37.7 Å². The average molecular weight is 481 g/mol. The molecular weight excluding hydrogens is 452 g/mol. The molecule has 0 heterocycles. The van der Waals surface area contributed by atoms with Gasteiger partial charge >= 0.3 is 0 Å². The summed E-state index contributed by atoms with van der Waals surface area (Å²) >= 11 is 6.15. The molecular formula is C23H29ClN2O5S. The topological polar surface area (TPSA) is 84.9 Å². The van der Waals surface area contributed by atoms with E-state index in [0.29, 0.717) is 22.2 Å². The summed E-state index contributed by atoms with van der Waals surface area (Å²) in [5.74, 6) is 0.339. The van der Waals surface area contributed by atoms with Crippen LogP contribution >= 0.6 is 11.6 Å². The van der Waals surface area contributed by atoms with Gasteiger partial charge in [0.1, 0.15) is 0 Å². The van der Waals surface area contributed by atoms with E-state index in [4.69, 9.17) is 21.1 Å². The largest absolute Gasteiger partial charge is 0.493 e. The predicted octanol–water partition coefficient (Wildman–Crippen LogP) is 4.63. The summed E-state index contributed by atoms with van der Waals surface area (Å²) < 4.78 is 39.1. The second-order valence-electron chi connectivity index (χ2n) is 7.82. The number of benzene rings is 2. The van der Waals surface area contributed by atoms with Gasteiger partial charge in [-0.2, -0.15) is 4.31 Å². The third kappa shape index (κ3) is 5.36. The molecule has 32 heavy (non-hydrogen) atoms. The lowest BCUT2D eigenvalue weighted by molar-refractivity contribution is -0.116. The number of nitrogens with zero attached hydrogens (tertiary/aromatic N) is 1. The van der Waals surface area contributed by atoms with Crippen LogP contribution in [0.15, 0.2) is 41.3 Å². The number of carbonyl (C=O) groups is 1. The van der Waals surface area contributed by atoms with E-state index in [9.17, 15) is 13.2 Å². The van der Waals surface area contributed by atoms with Crippen LogP contribution in [-0.2, 0) is 14.8 Å². The monoisotopic (exact) mass is 480 g/mol. The van der Waals surface area contributed by atoms with Crippen molar-refractivity contribution in [3.8, 4) is 11.5 Å². The highest BCUT2D eigenvalue weighted by atomic mass is 35.5. The molecule has 3 rings (SSSR count). The van der Waals surface area contributed by atoms with E-state index in [1.54, 1.807) is 31.2 Å². The number of nitrogens with one attached hydrogen (secondary N) is 1. The lowest BCUT2D eigenvalue weighted by atomic mass is 9.95. The van der Waals surface area contributed by atoms with E-state index < -0.39 is 15.9 Å². The van der Waals surface area contributed by atoms with Crippen molar-refractivity contribution in [1.29, 1.82) is 0 Å². The zero-order valence-electron chi connectivity index (χ0n) is 18.6. The first kappa shape index (κ1) is 24.4. The second kappa shape index (κ2) is 10.6. The van der Waals surface area contributed by atoms with Crippen molar-refractivity contribution in [3.63, 3.8) is 0 Å². The van der Waals surface area contributed by atoms with Crippen LogP contribution in [0, 0.1) is 6.92 Å². The number of amides is 1. The fourth-order valence-electron chi connectivity index (χ4n) is 3.97. The number of ether oxygens (including phenoxy) is 2. The lowest BCUT2D eigenvalue weighted by Crippen LogP contribution is -2.45. The van der Waals surface area contributed by atoms with E-state index in [1.807, 2.05) is 0 Å². The summed E-state index contributed by atoms with van der Waals surface area (Å²) in [5, 5.41) is 3.34. The van der Waals surface area contributed by atoms with Gasteiger partial charge in [-0.3, -0.25) is 4.79 Å². The summed E-state index contributed by atoms with van der Waals surface area (Å²) in [6.07, 6.45) is 4.36. The van der Waals surface area contributed by atoms with Gasteiger partial charge in [-0.25, -0.2) is 8.42 Å². The minimum absolute atomic E-state index is 0.0625. The van der Waals surface area contributed by atoms with Gasteiger partial charge < -0.3 is 14.8 Å². The normalized spacial score (nSPS) is 14.9. The van der Waals surface area contributed by atoms with Gasteiger partial charge in [-0.05, 0) is 49.6 Å². The number of rotatable bonds is 8. The standard InChI is InChI=1S/C23H29ClN2O5S/c1-16-19(24)10-7-11-20(16)25-23(27)15-26(17-8-5-4-6-9-17)32(28,29)18-12-13-21(30-2)22(14-18)31-3/h7,10-14,17H,4-6,8-9,15H2,1-3H3,(H,25,27). The molecule has 2 aromatic carbocycles. The molecule has 174 valence electrons. The Bertz CT molecular complexity index is 1070. The average Bonchev–Trinajstić information content (AvgIpc) is 2.80. The number of methoxy groups -OCH3 is 2. The van der Waals surface area contributed by atoms with Crippen LogP contribution in [0.2, 0.25) is 5.02 Å². The van der Waals surface area contributed by atoms with Crippen LogP contribution in [0.25, 0.3) is 0 Å². The van der Waals surface area contributed by atoms with Gasteiger partial charge in [-0.1, -0.05) is 36.9 Å². The SMILES string of the molecule is COc1ccc(S(=O)(=O)N(CC(=O)Nc2cccc(Cl)c2C)C2CCCCC2)cc1OC. The smallest absolute Gasteiger partial charge is 0.243 e. The molecule has 0 spiro atoms. The zero-order chi connectivity index (χ0) is 23.3. The predicted molar refractivity (Wildman–Crippen MR) is 125 cm³/mol. The van der Waals surface area contributed by atoms with Crippen molar-refractivity contribution >= 4 is 33.2 Å². The molecule has 0 aliphatic heterocycles. The Labute approximate surface area is 194 Å². The minimum Gasteiger partial charge on any atom is -0.493 e. The molecule has 2 aromatic rings. The second-order valence-corrected chi connectivity index (χ2v) is 10.1. The van der Waals surface area contributed by atoms with Gasteiger partial charge in [-0.15, -0.1) is 0 Å². The third-order valence-corrected chi connectivity index (χ3v) is 8.09. The molecule has 9 heteroatoms. The number of hydrogen-bond donors (Lipinski definition) is 1. The number of anilines is 1. The van der Waals surface area contributed by atoms with E-state index in [1.165, 1.54) is 30.7 Å². The van der Waals surface area contributed by atoms with Crippen molar-refractivity contribution in [2.75, 3.05) is 26.1 Å². The number of halogens is 1.